The lowest BCUT2D eigenvalue weighted by atomic mass is 10.3. The van der Waals surface area contributed by atoms with Gasteiger partial charge >= 0.3 is 0 Å². The minimum absolute atomic E-state index is 0.234. The first-order valence-electron chi connectivity index (χ1n) is 6.69. The average Bonchev–Trinajstić information content (AvgIpc) is 2.47. The van der Waals surface area contributed by atoms with Gasteiger partial charge in [-0.2, -0.15) is 4.31 Å². The van der Waals surface area contributed by atoms with Crippen LogP contribution in [0.3, 0.4) is 0 Å². The molecule has 1 aromatic rings. The number of halogens is 1. The van der Waals surface area contributed by atoms with Crippen molar-refractivity contribution in [3.63, 3.8) is 0 Å². The lowest BCUT2D eigenvalue weighted by molar-refractivity contribution is 0.149. The lowest BCUT2D eigenvalue weighted by Gasteiger charge is -2.23. The maximum Gasteiger partial charge on any atom is 0.243 e. The summed E-state index contributed by atoms with van der Waals surface area (Å²) in [7, 11) is -0.435. The molecule has 0 heterocycles. The van der Waals surface area contributed by atoms with Gasteiger partial charge in [-0.3, -0.25) is 0 Å². The molecule has 0 aliphatic rings. The third-order valence-electron chi connectivity index (χ3n) is 3.08. The number of ether oxygens (including phenoxy) is 2. The van der Waals surface area contributed by atoms with Gasteiger partial charge in [-0.1, -0.05) is 0 Å². The largest absolute Gasteiger partial charge is 0.494 e. The minimum atomic E-state index is -3.53. The van der Waals surface area contributed by atoms with Gasteiger partial charge in [0, 0.05) is 26.1 Å². The number of rotatable bonds is 9. The van der Waals surface area contributed by atoms with Gasteiger partial charge in [0.2, 0.25) is 10.0 Å². The smallest absolute Gasteiger partial charge is 0.243 e. The molecule has 0 saturated heterocycles. The molecule has 5 nitrogen and oxygen atoms in total. The van der Waals surface area contributed by atoms with Crippen molar-refractivity contribution in [1.29, 1.82) is 0 Å². The van der Waals surface area contributed by atoms with Gasteiger partial charge in [0.1, 0.15) is 5.75 Å². The first-order chi connectivity index (χ1) is 9.93. The van der Waals surface area contributed by atoms with Crippen LogP contribution in [0.5, 0.6) is 5.75 Å². The van der Waals surface area contributed by atoms with E-state index in [0.29, 0.717) is 24.8 Å². The van der Waals surface area contributed by atoms with Crippen LogP contribution in [0.15, 0.2) is 29.2 Å². The molecule has 0 amide bonds. The molecule has 0 bridgehead atoms. The maximum atomic E-state index is 12.4. The van der Waals surface area contributed by atoms with Crippen LogP contribution in [0.1, 0.15) is 13.3 Å². The van der Waals surface area contributed by atoms with Crippen molar-refractivity contribution in [2.24, 2.45) is 0 Å². The van der Waals surface area contributed by atoms with E-state index < -0.39 is 10.0 Å². The zero-order chi connectivity index (χ0) is 15.9. The highest BCUT2D eigenvalue weighted by molar-refractivity contribution is 7.89. The number of hydrogen-bond donors (Lipinski definition) is 0. The molecule has 0 aliphatic heterocycles. The summed E-state index contributed by atoms with van der Waals surface area (Å²) < 4.78 is 36.6. The number of likely N-dealkylation sites (N-methyl/N-ethyl adjacent to an activating group) is 1. The summed E-state index contributed by atoms with van der Waals surface area (Å²) in [6.07, 6.45) is 0.749. The van der Waals surface area contributed by atoms with Crippen LogP contribution in [0.4, 0.5) is 0 Å². The molecule has 0 saturated carbocycles. The van der Waals surface area contributed by atoms with Crippen molar-refractivity contribution in [3.8, 4) is 5.75 Å². The van der Waals surface area contributed by atoms with Crippen LogP contribution in [0, 0.1) is 0 Å². The van der Waals surface area contributed by atoms with Crippen molar-refractivity contribution >= 4 is 21.6 Å². The number of alkyl halides is 1. The summed E-state index contributed by atoms with van der Waals surface area (Å²) in [5, 5.41) is 0. The Labute approximate surface area is 131 Å². The molecule has 120 valence electrons. The lowest BCUT2D eigenvalue weighted by Crippen LogP contribution is -2.37. The zero-order valence-electron chi connectivity index (χ0n) is 12.6. The summed E-state index contributed by atoms with van der Waals surface area (Å²) >= 11 is 5.57. The molecule has 0 aliphatic carbocycles. The fraction of sp³-hybridized carbons (Fsp3) is 0.571. The number of sulfonamides is 1. The average molecular weight is 336 g/mol. The Morgan fingerprint density at radius 2 is 1.90 bits per heavy atom. The highest BCUT2D eigenvalue weighted by atomic mass is 35.5. The molecule has 1 rings (SSSR count). The predicted octanol–water partition coefficient (Wildman–Crippen LogP) is 2.35. The van der Waals surface area contributed by atoms with Crippen molar-refractivity contribution in [2.75, 3.05) is 33.3 Å². The molecule has 21 heavy (non-hydrogen) atoms. The van der Waals surface area contributed by atoms with Crippen LogP contribution < -0.4 is 4.74 Å². The van der Waals surface area contributed by atoms with Crippen LogP contribution in [0.2, 0.25) is 0 Å². The van der Waals surface area contributed by atoms with E-state index in [1.54, 1.807) is 45.3 Å². The van der Waals surface area contributed by atoms with Gasteiger partial charge in [0.15, 0.2) is 0 Å². The second kappa shape index (κ2) is 8.58. The van der Waals surface area contributed by atoms with E-state index >= 15 is 0 Å². The summed E-state index contributed by atoms with van der Waals surface area (Å²) in [4.78, 5) is 0.234. The van der Waals surface area contributed by atoms with Crippen LogP contribution >= 0.6 is 11.6 Å². The molecule has 1 unspecified atom stereocenters. The Kier molecular flexibility index (Phi) is 7.45. The molecule has 1 atom stereocenters. The van der Waals surface area contributed by atoms with E-state index in [2.05, 4.69) is 0 Å². The van der Waals surface area contributed by atoms with E-state index in [0.717, 1.165) is 6.42 Å². The predicted molar refractivity (Wildman–Crippen MR) is 83.6 cm³/mol. The molecule has 0 fully saturated rings. The Bertz CT molecular complexity index is 518. The summed E-state index contributed by atoms with van der Waals surface area (Å²) in [6, 6.07) is 6.15. The number of benzene rings is 1. The van der Waals surface area contributed by atoms with Crippen molar-refractivity contribution in [3.05, 3.63) is 24.3 Å². The fourth-order valence-electron chi connectivity index (χ4n) is 1.70. The van der Waals surface area contributed by atoms with E-state index in [4.69, 9.17) is 21.1 Å². The monoisotopic (exact) mass is 335 g/mol. The number of nitrogens with zero attached hydrogens (tertiary/aromatic N) is 1. The number of methoxy groups -OCH3 is 1. The third kappa shape index (κ3) is 5.14. The summed E-state index contributed by atoms with van der Waals surface area (Å²) in [6.45, 7) is 2.65. The van der Waals surface area contributed by atoms with E-state index in [-0.39, 0.29) is 10.9 Å². The molecule has 0 aromatic heterocycles. The van der Waals surface area contributed by atoms with E-state index in [9.17, 15) is 8.42 Å². The van der Waals surface area contributed by atoms with Gasteiger partial charge in [-0.05, 0) is 37.6 Å². The summed E-state index contributed by atoms with van der Waals surface area (Å²) in [5.74, 6) is 1.17. The van der Waals surface area contributed by atoms with Gasteiger partial charge in [-0.15, -0.1) is 11.6 Å². The molecule has 0 N–H and O–H groups in total. The first-order valence-corrected chi connectivity index (χ1v) is 8.66. The second-order valence-corrected chi connectivity index (χ2v) is 7.06. The van der Waals surface area contributed by atoms with Crippen molar-refractivity contribution < 1.29 is 17.9 Å². The van der Waals surface area contributed by atoms with E-state index in [1.165, 1.54) is 4.31 Å². The molecule has 0 spiro atoms. The molecular weight excluding hydrogens is 314 g/mol. The Morgan fingerprint density at radius 3 is 2.43 bits per heavy atom. The summed E-state index contributed by atoms with van der Waals surface area (Å²) in [5.41, 5.74) is 0. The molecule has 7 heteroatoms. The SMILES string of the molecule is COCC(C)N(C)S(=O)(=O)c1ccc(OCCCCl)cc1. The molecule has 1 aromatic carbocycles. The quantitative estimate of drug-likeness (QED) is 0.513. The molecular formula is C14H22ClNO4S. The topological polar surface area (TPSA) is 55.8 Å². The van der Waals surface area contributed by atoms with Gasteiger partial charge in [-0.25, -0.2) is 8.42 Å². The normalized spacial score (nSPS) is 13.4. The molecule has 0 radical (unpaired) electrons. The second-order valence-electron chi connectivity index (χ2n) is 4.69. The Morgan fingerprint density at radius 1 is 1.29 bits per heavy atom. The van der Waals surface area contributed by atoms with Crippen molar-refractivity contribution in [1.82, 2.24) is 4.31 Å². The fourth-order valence-corrected chi connectivity index (χ4v) is 3.16. The Hall–Kier alpha value is -0.820. The highest BCUT2D eigenvalue weighted by Crippen LogP contribution is 2.20. The van der Waals surface area contributed by atoms with Gasteiger partial charge in [0.05, 0.1) is 18.1 Å². The third-order valence-corrected chi connectivity index (χ3v) is 5.33. The number of hydrogen-bond acceptors (Lipinski definition) is 4. The van der Waals surface area contributed by atoms with Crippen LogP contribution in [-0.4, -0.2) is 52.0 Å². The van der Waals surface area contributed by atoms with Gasteiger partial charge < -0.3 is 9.47 Å². The van der Waals surface area contributed by atoms with Crippen molar-refractivity contribution in [2.45, 2.75) is 24.3 Å². The van der Waals surface area contributed by atoms with E-state index in [1.807, 2.05) is 0 Å². The van der Waals surface area contributed by atoms with Crippen LogP contribution in [0.25, 0.3) is 0 Å². The maximum absolute atomic E-state index is 12.4. The van der Waals surface area contributed by atoms with Gasteiger partial charge in [0.25, 0.3) is 0 Å². The Balaban J connectivity index is 2.79. The first kappa shape index (κ1) is 18.2. The zero-order valence-corrected chi connectivity index (χ0v) is 14.2. The minimum Gasteiger partial charge on any atom is -0.494 e. The van der Waals surface area contributed by atoms with Crippen LogP contribution in [-0.2, 0) is 14.8 Å². The standard InChI is InChI=1S/C14H22ClNO4S/c1-12(11-19-3)16(2)21(17,18)14-7-5-13(6-8-14)20-10-4-9-15/h5-8,12H,4,9-11H2,1-3H3. The highest BCUT2D eigenvalue weighted by Gasteiger charge is 2.25.